The van der Waals surface area contributed by atoms with E-state index in [1.165, 1.54) is 0 Å². The van der Waals surface area contributed by atoms with Crippen LogP contribution in [0, 0.1) is 13.8 Å². The molecule has 0 amide bonds. The molecule has 21 heavy (non-hydrogen) atoms. The summed E-state index contributed by atoms with van der Waals surface area (Å²) in [4.78, 5) is 12.5. The van der Waals surface area contributed by atoms with Gasteiger partial charge in [-0.15, -0.1) is 0 Å². The van der Waals surface area contributed by atoms with Gasteiger partial charge in [-0.2, -0.15) is 0 Å². The van der Waals surface area contributed by atoms with Crippen molar-refractivity contribution in [2.24, 2.45) is 0 Å². The van der Waals surface area contributed by atoms with Gasteiger partial charge in [0.15, 0.2) is 5.78 Å². The number of Topliss-reactive ketones (excluding diaryl/α,β-unsaturated/α-hetero) is 1. The van der Waals surface area contributed by atoms with Gasteiger partial charge in [0.05, 0.1) is 5.56 Å². The van der Waals surface area contributed by atoms with Crippen molar-refractivity contribution in [1.82, 2.24) is 0 Å². The number of benzene rings is 2. The molecule has 0 saturated carbocycles. The molecule has 1 aliphatic rings. The third kappa shape index (κ3) is 2.42. The molecule has 0 spiro atoms. The van der Waals surface area contributed by atoms with Crippen LogP contribution in [-0.2, 0) is 0 Å². The smallest absolute Gasteiger partial charge is 0.196 e. The molecule has 106 valence electrons. The van der Waals surface area contributed by atoms with Crippen molar-refractivity contribution in [3.8, 4) is 11.5 Å². The van der Waals surface area contributed by atoms with Crippen LogP contribution >= 0.6 is 0 Å². The lowest BCUT2D eigenvalue weighted by atomic mass is 9.97. The first-order valence-corrected chi connectivity index (χ1v) is 6.83. The lowest BCUT2D eigenvalue weighted by Crippen LogP contribution is -2.18. The Labute approximate surface area is 123 Å². The van der Waals surface area contributed by atoms with Crippen molar-refractivity contribution in [3.63, 3.8) is 0 Å². The van der Waals surface area contributed by atoms with Gasteiger partial charge in [0.2, 0.25) is 0 Å². The highest BCUT2D eigenvalue weighted by Gasteiger charge is 2.22. The number of carbonyl (C=O) groups excluding carboxylic acids is 1. The number of ether oxygens (including phenoxy) is 1. The molecule has 1 aliphatic heterocycles. The SMILES string of the molecule is Cc1cc(/C=C2/COc3ccccc3C2=O)cc(C)c1O. The maximum atomic E-state index is 12.5. The Morgan fingerprint density at radius 2 is 1.81 bits per heavy atom. The van der Waals surface area contributed by atoms with Gasteiger partial charge in [-0.1, -0.05) is 12.1 Å². The first-order chi connectivity index (χ1) is 10.1. The predicted octanol–water partition coefficient (Wildman–Crippen LogP) is 3.67. The minimum Gasteiger partial charge on any atom is -0.507 e. The molecule has 0 aliphatic carbocycles. The first kappa shape index (κ1) is 13.4. The quantitative estimate of drug-likeness (QED) is 0.811. The van der Waals surface area contributed by atoms with Gasteiger partial charge in [-0.05, 0) is 60.9 Å². The molecule has 3 heteroatoms. The molecule has 0 radical (unpaired) electrons. The Kier molecular flexibility index (Phi) is 3.26. The number of phenolic OH excluding ortho intramolecular Hbond substituents is 1. The number of ketones is 1. The Morgan fingerprint density at radius 1 is 1.14 bits per heavy atom. The van der Waals surface area contributed by atoms with Crippen LogP contribution in [0.2, 0.25) is 0 Å². The van der Waals surface area contributed by atoms with Crippen molar-refractivity contribution >= 4 is 11.9 Å². The van der Waals surface area contributed by atoms with E-state index in [0.717, 1.165) is 16.7 Å². The zero-order valence-electron chi connectivity index (χ0n) is 12.0. The fraction of sp³-hybridized carbons (Fsp3) is 0.167. The van der Waals surface area contributed by atoms with Crippen molar-refractivity contribution in [3.05, 3.63) is 64.2 Å². The summed E-state index contributed by atoms with van der Waals surface area (Å²) in [7, 11) is 0. The van der Waals surface area contributed by atoms with Gasteiger partial charge in [0.1, 0.15) is 18.1 Å². The van der Waals surface area contributed by atoms with Gasteiger partial charge >= 0.3 is 0 Å². The number of phenols is 1. The van der Waals surface area contributed by atoms with Crippen LogP contribution in [0.3, 0.4) is 0 Å². The average Bonchev–Trinajstić information content (AvgIpc) is 2.48. The molecular formula is C18H16O3. The van der Waals surface area contributed by atoms with Crippen LogP contribution in [0.4, 0.5) is 0 Å². The van der Waals surface area contributed by atoms with E-state index in [9.17, 15) is 9.90 Å². The fourth-order valence-corrected chi connectivity index (χ4v) is 2.56. The third-order valence-electron chi connectivity index (χ3n) is 3.66. The summed E-state index contributed by atoms with van der Waals surface area (Å²) in [6.07, 6.45) is 1.83. The van der Waals surface area contributed by atoms with Crippen molar-refractivity contribution < 1.29 is 14.6 Å². The first-order valence-electron chi connectivity index (χ1n) is 6.83. The van der Waals surface area contributed by atoms with E-state index in [-0.39, 0.29) is 12.4 Å². The number of hydrogen-bond donors (Lipinski definition) is 1. The van der Waals surface area contributed by atoms with Crippen LogP contribution < -0.4 is 4.74 Å². The van der Waals surface area contributed by atoms with E-state index in [1.54, 1.807) is 12.1 Å². The molecule has 2 aromatic carbocycles. The van der Waals surface area contributed by atoms with Gasteiger partial charge in [0, 0.05) is 5.57 Å². The second kappa shape index (κ2) is 5.09. The molecule has 3 rings (SSSR count). The van der Waals surface area contributed by atoms with Crippen molar-refractivity contribution in [2.45, 2.75) is 13.8 Å². The normalized spacial score (nSPS) is 15.7. The summed E-state index contributed by atoms with van der Waals surface area (Å²) in [5.74, 6) is 0.937. The number of aryl methyl sites for hydroxylation is 2. The second-order valence-electron chi connectivity index (χ2n) is 5.29. The van der Waals surface area contributed by atoms with E-state index >= 15 is 0 Å². The summed E-state index contributed by atoms with van der Waals surface area (Å²) in [5, 5.41) is 9.81. The number of para-hydroxylation sites is 1. The molecule has 0 bridgehead atoms. The largest absolute Gasteiger partial charge is 0.507 e. The molecule has 2 aromatic rings. The number of fused-ring (bicyclic) bond motifs is 1. The number of rotatable bonds is 1. The topological polar surface area (TPSA) is 46.5 Å². The summed E-state index contributed by atoms with van der Waals surface area (Å²) >= 11 is 0. The molecule has 3 nitrogen and oxygen atoms in total. The van der Waals surface area contributed by atoms with Gasteiger partial charge < -0.3 is 9.84 Å². The van der Waals surface area contributed by atoms with Crippen LogP contribution in [-0.4, -0.2) is 17.5 Å². The number of carbonyl (C=O) groups is 1. The van der Waals surface area contributed by atoms with Crippen LogP contribution in [0.25, 0.3) is 6.08 Å². The molecule has 1 heterocycles. The summed E-state index contributed by atoms with van der Waals surface area (Å²) < 4.78 is 5.62. The van der Waals surface area contributed by atoms with E-state index in [2.05, 4.69) is 0 Å². The van der Waals surface area contributed by atoms with E-state index in [0.29, 0.717) is 22.6 Å². The molecule has 0 atom stereocenters. The Morgan fingerprint density at radius 3 is 2.52 bits per heavy atom. The molecule has 0 aromatic heterocycles. The molecule has 1 N–H and O–H groups in total. The van der Waals surface area contributed by atoms with Gasteiger partial charge in [-0.3, -0.25) is 4.79 Å². The maximum absolute atomic E-state index is 12.5. The van der Waals surface area contributed by atoms with Crippen molar-refractivity contribution in [2.75, 3.05) is 6.61 Å². The second-order valence-corrected chi connectivity index (χ2v) is 5.29. The Balaban J connectivity index is 2.00. The monoisotopic (exact) mass is 280 g/mol. The minimum absolute atomic E-state index is 0.000214. The Hall–Kier alpha value is -2.55. The van der Waals surface area contributed by atoms with Gasteiger partial charge in [-0.25, -0.2) is 0 Å². The van der Waals surface area contributed by atoms with E-state index in [4.69, 9.17) is 4.74 Å². The zero-order chi connectivity index (χ0) is 15.0. The highest BCUT2D eigenvalue weighted by molar-refractivity contribution is 6.14. The lowest BCUT2D eigenvalue weighted by molar-refractivity contribution is 0.100. The summed E-state index contributed by atoms with van der Waals surface area (Å²) in [6.45, 7) is 3.96. The Bertz CT molecular complexity index is 734. The number of aromatic hydroxyl groups is 1. The standard InChI is InChI=1S/C18H16O3/c1-11-7-13(8-12(2)17(11)19)9-14-10-21-16-6-4-3-5-15(16)18(14)20/h3-9,19H,10H2,1-2H3/b14-9-. The predicted molar refractivity (Wildman–Crippen MR) is 81.8 cm³/mol. The molecule has 0 fully saturated rings. The molecular weight excluding hydrogens is 264 g/mol. The number of hydrogen-bond acceptors (Lipinski definition) is 3. The van der Waals surface area contributed by atoms with Gasteiger partial charge in [0.25, 0.3) is 0 Å². The van der Waals surface area contributed by atoms with Crippen LogP contribution in [0.1, 0.15) is 27.0 Å². The summed E-state index contributed by atoms with van der Waals surface area (Å²) in [5.41, 5.74) is 3.72. The molecule has 0 saturated heterocycles. The third-order valence-corrected chi connectivity index (χ3v) is 3.66. The lowest BCUT2D eigenvalue weighted by Gasteiger charge is -2.18. The fourth-order valence-electron chi connectivity index (χ4n) is 2.56. The zero-order valence-corrected chi connectivity index (χ0v) is 12.0. The minimum atomic E-state index is 0.000214. The maximum Gasteiger partial charge on any atom is 0.196 e. The summed E-state index contributed by atoms with van der Waals surface area (Å²) in [6, 6.07) is 11.0. The van der Waals surface area contributed by atoms with Crippen LogP contribution in [0.15, 0.2) is 42.0 Å². The van der Waals surface area contributed by atoms with Crippen molar-refractivity contribution in [1.29, 1.82) is 0 Å². The van der Waals surface area contributed by atoms with E-state index in [1.807, 2.05) is 44.2 Å². The average molecular weight is 280 g/mol. The van der Waals surface area contributed by atoms with Crippen LogP contribution in [0.5, 0.6) is 11.5 Å². The highest BCUT2D eigenvalue weighted by Crippen LogP contribution is 2.29. The highest BCUT2D eigenvalue weighted by atomic mass is 16.5. The van der Waals surface area contributed by atoms with E-state index < -0.39 is 0 Å². The molecule has 0 unspecified atom stereocenters.